The van der Waals surface area contributed by atoms with Gasteiger partial charge in [0.05, 0.1) is 4.92 Å². The van der Waals surface area contributed by atoms with Crippen LogP contribution in [0.2, 0.25) is 5.02 Å². The number of hydrogen-bond donors (Lipinski definition) is 0. The van der Waals surface area contributed by atoms with Crippen molar-refractivity contribution < 1.29 is 9.72 Å². The summed E-state index contributed by atoms with van der Waals surface area (Å²) in [6.45, 7) is 0. The van der Waals surface area contributed by atoms with Gasteiger partial charge in [-0.3, -0.25) is 14.9 Å². The number of ketones is 1. The Labute approximate surface area is 116 Å². The van der Waals surface area contributed by atoms with Gasteiger partial charge in [0.15, 0.2) is 0 Å². The summed E-state index contributed by atoms with van der Waals surface area (Å²) >= 11 is 5.79. The van der Waals surface area contributed by atoms with Gasteiger partial charge in [-0.25, -0.2) is 0 Å². The van der Waals surface area contributed by atoms with E-state index in [0.29, 0.717) is 23.4 Å². The van der Waals surface area contributed by atoms with E-state index in [-0.39, 0.29) is 17.4 Å². The standard InChI is InChI=1S/C14H16ClNO3/c15-12-7-6-10(13(9-12)16(18)19)8-11-4-2-1-3-5-14(11)17/h6-7,9,11H,1-5,8H2. The third kappa shape index (κ3) is 3.53. The Morgan fingerprint density at radius 1 is 1.32 bits per heavy atom. The van der Waals surface area contributed by atoms with Crippen LogP contribution < -0.4 is 0 Å². The minimum absolute atomic E-state index is 0.0181. The lowest BCUT2D eigenvalue weighted by molar-refractivity contribution is -0.385. The van der Waals surface area contributed by atoms with Crippen LogP contribution in [0.5, 0.6) is 0 Å². The molecule has 2 rings (SSSR count). The summed E-state index contributed by atoms with van der Waals surface area (Å²) in [6, 6.07) is 4.67. The van der Waals surface area contributed by atoms with Gasteiger partial charge < -0.3 is 0 Å². The van der Waals surface area contributed by atoms with Gasteiger partial charge in [0.25, 0.3) is 5.69 Å². The van der Waals surface area contributed by atoms with E-state index in [1.54, 1.807) is 12.1 Å². The van der Waals surface area contributed by atoms with E-state index >= 15 is 0 Å². The summed E-state index contributed by atoms with van der Waals surface area (Å²) in [5.74, 6) is 0.157. The van der Waals surface area contributed by atoms with Crippen molar-refractivity contribution in [3.63, 3.8) is 0 Å². The molecule has 1 aromatic rings. The van der Waals surface area contributed by atoms with E-state index in [9.17, 15) is 14.9 Å². The summed E-state index contributed by atoms with van der Waals surface area (Å²) in [6.07, 6.45) is 4.93. The van der Waals surface area contributed by atoms with Crippen molar-refractivity contribution in [1.29, 1.82) is 0 Å². The molecule has 5 heteroatoms. The van der Waals surface area contributed by atoms with Gasteiger partial charge in [-0.05, 0) is 25.3 Å². The predicted octanol–water partition coefficient (Wildman–Crippen LogP) is 3.94. The van der Waals surface area contributed by atoms with Crippen LogP contribution in [0.4, 0.5) is 5.69 Å². The van der Waals surface area contributed by atoms with Crippen molar-refractivity contribution >= 4 is 23.1 Å². The first-order valence-electron chi connectivity index (χ1n) is 6.53. The fourth-order valence-electron chi connectivity index (χ4n) is 2.59. The normalized spacial score (nSPS) is 20.1. The second-order valence-corrected chi connectivity index (χ2v) is 5.43. The van der Waals surface area contributed by atoms with E-state index < -0.39 is 4.92 Å². The molecule has 0 saturated heterocycles. The predicted molar refractivity (Wildman–Crippen MR) is 73.4 cm³/mol. The number of halogens is 1. The highest BCUT2D eigenvalue weighted by Crippen LogP contribution is 2.29. The third-order valence-corrected chi connectivity index (χ3v) is 3.88. The lowest BCUT2D eigenvalue weighted by Gasteiger charge is -2.13. The van der Waals surface area contributed by atoms with Gasteiger partial charge in [-0.1, -0.05) is 30.5 Å². The highest BCUT2D eigenvalue weighted by atomic mass is 35.5. The number of nitro benzene ring substituents is 1. The van der Waals surface area contributed by atoms with E-state index in [4.69, 9.17) is 11.6 Å². The number of carbonyl (C=O) groups is 1. The molecule has 4 nitrogen and oxygen atoms in total. The molecule has 0 radical (unpaired) electrons. The summed E-state index contributed by atoms with van der Waals surface area (Å²) < 4.78 is 0. The number of hydrogen-bond acceptors (Lipinski definition) is 3. The largest absolute Gasteiger partial charge is 0.299 e. The van der Waals surface area contributed by atoms with Gasteiger partial charge >= 0.3 is 0 Å². The van der Waals surface area contributed by atoms with Crippen LogP contribution in [0, 0.1) is 16.0 Å². The third-order valence-electron chi connectivity index (χ3n) is 3.64. The number of nitro groups is 1. The molecule has 102 valence electrons. The van der Waals surface area contributed by atoms with Crippen LogP contribution in [-0.4, -0.2) is 10.7 Å². The molecule has 0 aliphatic heterocycles. The van der Waals surface area contributed by atoms with E-state index in [0.717, 1.165) is 25.7 Å². The molecule has 1 aromatic carbocycles. The quantitative estimate of drug-likeness (QED) is 0.479. The van der Waals surface area contributed by atoms with E-state index in [1.807, 2.05) is 0 Å². The number of benzene rings is 1. The number of carbonyl (C=O) groups excluding carboxylic acids is 1. The number of Topliss-reactive ketones (excluding diaryl/α,β-unsaturated/α-hetero) is 1. The first kappa shape index (κ1) is 14.0. The molecule has 1 aliphatic carbocycles. The SMILES string of the molecule is O=C1CCCCCC1Cc1ccc(Cl)cc1[N+](=O)[O-]. The lowest BCUT2D eigenvalue weighted by atomic mass is 9.91. The van der Waals surface area contributed by atoms with Crippen LogP contribution in [0.1, 0.15) is 37.7 Å². The maximum atomic E-state index is 12.0. The van der Waals surface area contributed by atoms with Crippen LogP contribution >= 0.6 is 11.6 Å². The monoisotopic (exact) mass is 281 g/mol. The van der Waals surface area contributed by atoms with Crippen LogP contribution in [0.15, 0.2) is 18.2 Å². The Morgan fingerprint density at radius 2 is 2.11 bits per heavy atom. The molecule has 1 aliphatic rings. The van der Waals surface area contributed by atoms with Crippen LogP contribution in [0.3, 0.4) is 0 Å². The molecular weight excluding hydrogens is 266 g/mol. The minimum Gasteiger partial charge on any atom is -0.299 e. The molecular formula is C14H16ClNO3. The maximum Gasteiger partial charge on any atom is 0.274 e. The van der Waals surface area contributed by atoms with Gasteiger partial charge in [-0.2, -0.15) is 0 Å². The smallest absolute Gasteiger partial charge is 0.274 e. The summed E-state index contributed by atoms with van der Waals surface area (Å²) in [5.41, 5.74) is 0.624. The maximum absolute atomic E-state index is 12.0. The van der Waals surface area contributed by atoms with Gasteiger partial charge in [0.2, 0.25) is 0 Å². The Hall–Kier alpha value is -1.42. The molecule has 1 unspecified atom stereocenters. The highest BCUT2D eigenvalue weighted by Gasteiger charge is 2.24. The molecule has 19 heavy (non-hydrogen) atoms. The van der Waals surface area contributed by atoms with Crippen molar-refractivity contribution in [3.05, 3.63) is 38.9 Å². The van der Waals surface area contributed by atoms with E-state index in [2.05, 4.69) is 0 Å². The van der Waals surface area contributed by atoms with Crippen molar-refractivity contribution in [2.75, 3.05) is 0 Å². The second-order valence-electron chi connectivity index (χ2n) is 5.00. The minimum atomic E-state index is -0.428. The molecule has 0 amide bonds. The van der Waals surface area contributed by atoms with Crippen molar-refractivity contribution in [2.45, 2.75) is 38.5 Å². The zero-order valence-electron chi connectivity index (χ0n) is 10.6. The Morgan fingerprint density at radius 3 is 2.84 bits per heavy atom. The average Bonchev–Trinajstić information content (AvgIpc) is 2.57. The summed E-state index contributed by atoms with van der Waals surface area (Å²) in [7, 11) is 0. The van der Waals surface area contributed by atoms with Gasteiger partial charge in [0, 0.05) is 29.0 Å². The number of nitrogens with zero attached hydrogens (tertiary/aromatic N) is 1. The lowest BCUT2D eigenvalue weighted by Crippen LogP contribution is -2.16. The molecule has 1 atom stereocenters. The van der Waals surface area contributed by atoms with Crippen LogP contribution in [0.25, 0.3) is 0 Å². The first-order valence-corrected chi connectivity index (χ1v) is 6.91. The molecule has 0 spiro atoms. The fraction of sp³-hybridized carbons (Fsp3) is 0.500. The zero-order chi connectivity index (χ0) is 13.8. The Bertz CT molecular complexity index is 501. The van der Waals surface area contributed by atoms with Gasteiger partial charge in [0.1, 0.15) is 5.78 Å². The molecule has 0 heterocycles. The molecule has 0 aromatic heterocycles. The van der Waals surface area contributed by atoms with Gasteiger partial charge in [-0.15, -0.1) is 0 Å². The van der Waals surface area contributed by atoms with Crippen LogP contribution in [-0.2, 0) is 11.2 Å². The topological polar surface area (TPSA) is 60.2 Å². The number of rotatable bonds is 3. The Kier molecular flexibility index (Phi) is 4.53. The molecule has 0 bridgehead atoms. The second kappa shape index (κ2) is 6.15. The van der Waals surface area contributed by atoms with Crippen molar-refractivity contribution in [3.8, 4) is 0 Å². The van der Waals surface area contributed by atoms with Crippen molar-refractivity contribution in [1.82, 2.24) is 0 Å². The molecule has 1 fully saturated rings. The fourth-order valence-corrected chi connectivity index (χ4v) is 2.76. The summed E-state index contributed by atoms with van der Waals surface area (Å²) in [5, 5.41) is 11.4. The average molecular weight is 282 g/mol. The Balaban J connectivity index is 2.22. The summed E-state index contributed by atoms with van der Waals surface area (Å²) in [4.78, 5) is 22.6. The first-order chi connectivity index (χ1) is 9.08. The van der Waals surface area contributed by atoms with E-state index in [1.165, 1.54) is 6.07 Å². The molecule has 1 saturated carbocycles. The highest BCUT2D eigenvalue weighted by molar-refractivity contribution is 6.30. The molecule has 0 N–H and O–H groups in total. The zero-order valence-corrected chi connectivity index (χ0v) is 11.4. The van der Waals surface area contributed by atoms with Crippen molar-refractivity contribution in [2.24, 2.45) is 5.92 Å².